The number of aliphatic hydroxyl groups excluding tert-OH is 7. The van der Waals surface area contributed by atoms with Crippen molar-refractivity contribution in [3.63, 3.8) is 0 Å². The highest BCUT2D eigenvalue weighted by molar-refractivity contribution is 7.47. The zero-order chi connectivity index (χ0) is 49.5. The van der Waals surface area contributed by atoms with Crippen LogP contribution in [0, 0.1) is 0 Å². The molecule has 388 valence electrons. The fourth-order valence-electron chi connectivity index (χ4n) is 7.30. The number of aliphatic hydroxyl groups is 7. The quantitative estimate of drug-likeness (QED) is 0.0124. The summed E-state index contributed by atoms with van der Waals surface area (Å²) < 4.78 is 33.4. The Morgan fingerprint density at radius 1 is 0.522 bits per heavy atom. The number of ether oxygens (including phenoxy) is 2. The van der Waals surface area contributed by atoms with Gasteiger partial charge in [0.2, 0.25) is 0 Å². The van der Waals surface area contributed by atoms with E-state index in [2.05, 4.69) is 56.4 Å². The van der Waals surface area contributed by atoms with Gasteiger partial charge in [0.25, 0.3) is 0 Å². The molecule has 10 atom stereocenters. The van der Waals surface area contributed by atoms with Gasteiger partial charge in [-0.05, 0) is 83.5 Å². The predicted molar refractivity (Wildman–Crippen MR) is 261 cm³/mol. The van der Waals surface area contributed by atoms with Gasteiger partial charge < -0.3 is 50.1 Å². The lowest BCUT2D eigenvalue weighted by molar-refractivity contribution is -0.220. The lowest BCUT2D eigenvalue weighted by Gasteiger charge is -2.41. The molecule has 16 heteroatoms. The van der Waals surface area contributed by atoms with Crippen LogP contribution >= 0.6 is 7.82 Å². The highest BCUT2D eigenvalue weighted by Gasteiger charge is 2.51. The number of phosphoric acid groups is 1. The summed E-state index contributed by atoms with van der Waals surface area (Å²) in [5, 5.41) is 71.1. The summed E-state index contributed by atoms with van der Waals surface area (Å²) in [5.41, 5.74) is 0. The number of rotatable bonds is 41. The van der Waals surface area contributed by atoms with Crippen molar-refractivity contribution in [3.8, 4) is 0 Å². The van der Waals surface area contributed by atoms with Crippen molar-refractivity contribution >= 4 is 19.8 Å². The van der Waals surface area contributed by atoms with Crippen molar-refractivity contribution in [1.82, 2.24) is 0 Å². The van der Waals surface area contributed by atoms with E-state index < -0.39 is 87.9 Å². The maximum atomic E-state index is 12.9. The molecule has 1 rings (SSSR count). The van der Waals surface area contributed by atoms with Crippen LogP contribution in [0.4, 0.5) is 0 Å². The molecule has 0 heterocycles. The topological polar surface area (TPSA) is 250 Å². The first-order chi connectivity index (χ1) is 32.2. The van der Waals surface area contributed by atoms with E-state index in [1.807, 2.05) is 12.2 Å². The van der Waals surface area contributed by atoms with Crippen molar-refractivity contribution in [3.05, 3.63) is 60.8 Å². The smallest absolute Gasteiger partial charge is 0.462 e. The lowest BCUT2D eigenvalue weighted by Crippen LogP contribution is -2.64. The molecule has 1 aliphatic carbocycles. The Bertz CT molecular complexity index is 1430. The third-order valence-corrected chi connectivity index (χ3v) is 12.5. The summed E-state index contributed by atoms with van der Waals surface area (Å²) >= 11 is 0. The molecule has 0 amide bonds. The fourth-order valence-corrected chi connectivity index (χ4v) is 8.28. The number of carbonyl (C=O) groups is 2. The maximum absolute atomic E-state index is 12.9. The summed E-state index contributed by atoms with van der Waals surface area (Å²) in [5.74, 6) is -1.39. The van der Waals surface area contributed by atoms with Crippen LogP contribution in [-0.4, -0.2) is 121 Å². The molecule has 67 heavy (non-hydrogen) atoms. The molecule has 0 saturated heterocycles. The molecule has 8 N–H and O–H groups in total. The lowest BCUT2D eigenvalue weighted by atomic mass is 9.85. The van der Waals surface area contributed by atoms with E-state index in [4.69, 9.17) is 18.5 Å². The minimum atomic E-state index is -5.21. The summed E-state index contributed by atoms with van der Waals surface area (Å²) in [6.45, 7) is 3.01. The summed E-state index contributed by atoms with van der Waals surface area (Å²) in [7, 11) is -5.21. The summed E-state index contributed by atoms with van der Waals surface area (Å²) in [4.78, 5) is 35.9. The van der Waals surface area contributed by atoms with E-state index in [0.29, 0.717) is 12.8 Å². The molecular weight excluding hydrogens is 884 g/mol. The van der Waals surface area contributed by atoms with Crippen LogP contribution in [-0.2, 0) is 32.7 Å². The minimum absolute atomic E-state index is 0.0679. The molecule has 0 radical (unpaired) electrons. The monoisotopic (exact) mass is 973 g/mol. The average Bonchev–Trinajstić information content (AvgIpc) is 3.30. The Morgan fingerprint density at radius 2 is 0.955 bits per heavy atom. The van der Waals surface area contributed by atoms with E-state index in [0.717, 1.165) is 51.4 Å². The van der Waals surface area contributed by atoms with Crippen molar-refractivity contribution in [2.75, 3.05) is 13.2 Å². The number of esters is 2. The van der Waals surface area contributed by atoms with Gasteiger partial charge in [-0.2, -0.15) is 0 Å². The van der Waals surface area contributed by atoms with E-state index in [1.165, 1.54) is 70.6 Å². The second kappa shape index (κ2) is 40.2. The Labute approximate surface area is 401 Å². The zero-order valence-electron chi connectivity index (χ0n) is 40.7. The molecule has 1 aliphatic rings. The molecule has 0 aromatic rings. The molecule has 1 saturated carbocycles. The van der Waals surface area contributed by atoms with E-state index in [1.54, 1.807) is 6.08 Å². The molecule has 1 fully saturated rings. The zero-order valence-corrected chi connectivity index (χ0v) is 41.5. The van der Waals surface area contributed by atoms with Gasteiger partial charge in [-0.3, -0.25) is 18.6 Å². The molecule has 5 unspecified atom stereocenters. The molecule has 0 aromatic carbocycles. The van der Waals surface area contributed by atoms with Crippen molar-refractivity contribution in [1.29, 1.82) is 0 Å². The fraction of sp³-hybridized carbons (Fsp3) is 0.765. The molecule has 0 aromatic heterocycles. The largest absolute Gasteiger partial charge is 0.472 e. The molecular formula is C51H89O15P. The van der Waals surface area contributed by atoms with Gasteiger partial charge in [-0.15, -0.1) is 0 Å². The van der Waals surface area contributed by atoms with Crippen LogP contribution in [0.2, 0.25) is 0 Å². The standard InChI is InChI=1S/C51H89O15P/c1-3-5-7-9-11-13-15-17-18-19-20-21-22-23-25-27-29-31-33-37-44(54)63-39-41(40-64-67(61,62)66-51-49(59)47(57)46(56)48(58)50(51)60)65-45(55)38-34-36-43(53)42(52)35-32-30-28-26-24-16-14-12-10-8-6-4-2/h11-14,17-18,24,26,30,32,41-43,46-53,56-60H,3-10,15-16,19-23,25,27-29,31,33-40H2,1-2H3,(H,61,62)/b13-11-,14-12-,18-17-,26-24-,32-30-/t41-,42?,43?,46?,47-,48+,49-,50-,51?/m1/s1. The summed E-state index contributed by atoms with van der Waals surface area (Å²) in [6, 6.07) is 0. The third kappa shape index (κ3) is 32.1. The van der Waals surface area contributed by atoms with Crippen LogP contribution in [0.25, 0.3) is 0 Å². The van der Waals surface area contributed by atoms with E-state index in [-0.39, 0.29) is 32.1 Å². The van der Waals surface area contributed by atoms with Gasteiger partial charge in [0.15, 0.2) is 6.10 Å². The third-order valence-electron chi connectivity index (χ3n) is 11.5. The number of unbranched alkanes of at least 4 members (excludes halogenated alkanes) is 15. The van der Waals surface area contributed by atoms with Crippen molar-refractivity contribution < 1.29 is 73.3 Å². The highest BCUT2D eigenvalue weighted by atomic mass is 31.2. The van der Waals surface area contributed by atoms with Crippen LogP contribution < -0.4 is 0 Å². The number of carbonyl (C=O) groups excluding carboxylic acids is 2. The first kappa shape index (κ1) is 62.5. The van der Waals surface area contributed by atoms with Crippen molar-refractivity contribution in [2.45, 2.75) is 236 Å². The van der Waals surface area contributed by atoms with Gasteiger partial charge >= 0.3 is 19.8 Å². The first-order valence-electron chi connectivity index (χ1n) is 25.3. The Kier molecular flexibility index (Phi) is 37.5. The van der Waals surface area contributed by atoms with E-state index >= 15 is 0 Å². The second-order valence-corrected chi connectivity index (χ2v) is 19.0. The van der Waals surface area contributed by atoms with Crippen LogP contribution in [0.15, 0.2) is 60.8 Å². The van der Waals surface area contributed by atoms with Crippen LogP contribution in [0.5, 0.6) is 0 Å². The maximum Gasteiger partial charge on any atom is 0.472 e. The number of hydrogen-bond donors (Lipinski definition) is 8. The van der Waals surface area contributed by atoms with E-state index in [9.17, 15) is 54.8 Å². The predicted octanol–water partition coefficient (Wildman–Crippen LogP) is 8.45. The number of allylic oxidation sites excluding steroid dienone is 9. The number of phosphoric ester groups is 1. The minimum Gasteiger partial charge on any atom is -0.462 e. The van der Waals surface area contributed by atoms with Crippen LogP contribution in [0.1, 0.15) is 181 Å². The normalized spacial score (nSPS) is 22.6. The second-order valence-electron chi connectivity index (χ2n) is 17.6. The molecule has 0 aliphatic heterocycles. The van der Waals surface area contributed by atoms with Gasteiger partial charge in [0, 0.05) is 12.8 Å². The van der Waals surface area contributed by atoms with Gasteiger partial charge in [-0.1, -0.05) is 145 Å². The average molecular weight is 973 g/mol. The molecule has 0 bridgehead atoms. The first-order valence-corrected chi connectivity index (χ1v) is 26.8. The highest BCUT2D eigenvalue weighted by Crippen LogP contribution is 2.47. The van der Waals surface area contributed by atoms with Gasteiger partial charge in [-0.25, -0.2) is 4.57 Å². The Hall–Kier alpha value is -2.53. The van der Waals surface area contributed by atoms with Gasteiger partial charge in [0.05, 0.1) is 18.8 Å². The number of hydrogen-bond acceptors (Lipinski definition) is 14. The Balaban J connectivity index is 2.53. The Morgan fingerprint density at radius 3 is 1.48 bits per heavy atom. The van der Waals surface area contributed by atoms with Crippen molar-refractivity contribution in [2.24, 2.45) is 0 Å². The molecule has 15 nitrogen and oxygen atoms in total. The SMILES string of the molecule is CCCCC/C=C\C/C=C\C/C=C\CC(O)C(O)CCCC(=O)O[C@H](COC(=O)CCCCCCCCCCC/C=C\C/C=C\CCCCC)COP(=O)(O)OC1[C@H](O)[C@H](O)C(O)[C@H](O)[C@H]1O. The van der Waals surface area contributed by atoms with Gasteiger partial charge in [0.1, 0.15) is 43.2 Å². The van der Waals surface area contributed by atoms with Crippen LogP contribution in [0.3, 0.4) is 0 Å². The summed E-state index contributed by atoms with van der Waals surface area (Å²) in [6.07, 6.45) is 28.4. The molecule has 0 spiro atoms.